The molecule has 0 saturated heterocycles. The Labute approximate surface area is 144 Å². The second kappa shape index (κ2) is 6.62. The molecule has 1 atom stereocenters. The van der Waals surface area contributed by atoms with E-state index in [2.05, 4.69) is 57.1 Å². The number of tetrazole rings is 1. The van der Waals surface area contributed by atoms with Crippen LogP contribution in [0.1, 0.15) is 23.7 Å². The van der Waals surface area contributed by atoms with Crippen LogP contribution in [0.15, 0.2) is 42.6 Å². The molecule has 4 rings (SSSR count). The predicted molar refractivity (Wildman–Crippen MR) is 95.0 cm³/mol. The lowest BCUT2D eigenvalue weighted by atomic mass is 10.1. The number of aromatic nitrogens is 5. The highest BCUT2D eigenvalue weighted by Gasteiger charge is 2.12. The zero-order valence-electron chi connectivity index (χ0n) is 14.0. The number of aromatic amines is 1. The van der Waals surface area contributed by atoms with E-state index in [0.717, 1.165) is 23.2 Å². The van der Waals surface area contributed by atoms with Crippen molar-refractivity contribution in [1.29, 1.82) is 0 Å². The number of H-pyrrole nitrogens is 1. The van der Waals surface area contributed by atoms with Crippen molar-refractivity contribution in [3.05, 3.63) is 59.4 Å². The van der Waals surface area contributed by atoms with E-state index in [-0.39, 0.29) is 12.6 Å². The van der Waals surface area contributed by atoms with E-state index >= 15 is 0 Å². The second-order valence-electron chi connectivity index (χ2n) is 6.26. The first-order valence-electron chi connectivity index (χ1n) is 8.34. The van der Waals surface area contributed by atoms with Gasteiger partial charge in [0.25, 0.3) is 0 Å². The first-order chi connectivity index (χ1) is 12.3. The van der Waals surface area contributed by atoms with Crippen molar-refractivity contribution in [2.45, 2.75) is 32.5 Å². The molecule has 4 aromatic rings. The van der Waals surface area contributed by atoms with Gasteiger partial charge in [-0.15, -0.1) is 5.10 Å². The molecule has 1 aromatic carbocycles. The fourth-order valence-electron chi connectivity index (χ4n) is 3.20. The minimum absolute atomic E-state index is 0.0381. The van der Waals surface area contributed by atoms with Crippen molar-refractivity contribution in [1.82, 2.24) is 30.3 Å². The topological polar surface area (TPSA) is 91.1 Å². The standard InChI is InChI=1S/C18H20N6O/c1-12(8-14-9-20-16-5-3-2-4-15(14)16)19-10-17-13(11-25)6-7-18-21-22-23-24(17)18/h2-7,9,12,19-20,25H,8,10-11H2,1H3/t12-/m1/s1. The minimum Gasteiger partial charge on any atom is -0.392 e. The van der Waals surface area contributed by atoms with Gasteiger partial charge < -0.3 is 15.4 Å². The molecule has 0 aliphatic rings. The molecule has 7 nitrogen and oxygen atoms in total. The molecule has 3 N–H and O–H groups in total. The van der Waals surface area contributed by atoms with Crippen LogP contribution in [0.4, 0.5) is 0 Å². The number of benzene rings is 1. The van der Waals surface area contributed by atoms with Crippen LogP contribution in [0.25, 0.3) is 16.6 Å². The van der Waals surface area contributed by atoms with E-state index in [9.17, 15) is 5.11 Å². The number of hydrogen-bond donors (Lipinski definition) is 3. The number of para-hydroxylation sites is 1. The molecule has 128 valence electrons. The number of rotatable bonds is 6. The zero-order valence-corrected chi connectivity index (χ0v) is 14.0. The molecule has 0 unspecified atom stereocenters. The molecule has 0 fully saturated rings. The number of aliphatic hydroxyl groups is 1. The molecule has 0 saturated carbocycles. The first-order valence-corrected chi connectivity index (χ1v) is 8.34. The third-order valence-electron chi connectivity index (χ3n) is 4.54. The molecule has 0 aliphatic heterocycles. The molecule has 0 bridgehead atoms. The molecule has 0 spiro atoms. The van der Waals surface area contributed by atoms with Crippen molar-refractivity contribution in [3.63, 3.8) is 0 Å². The summed E-state index contributed by atoms with van der Waals surface area (Å²) in [6, 6.07) is 12.3. The van der Waals surface area contributed by atoms with Gasteiger partial charge in [-0.25, -0.2) is 0 Å². The number of pyridine rings is 1. The number of fused-ring (bicyclic) bond motifs is 2. The Morgan fingerprint density at radius 1 is 1.20 bits per heavy atom. The highest BCUT2D eigenvalue weighted by atomic mass is 16.3. The van der Waals surface area contributed by atoms with Crippen molar-refractivity contribution in [2.75, 3.05) is 0 Å². The Bertz CT molecular complexity index is 1010. The second-order valence-corrected chi connectivity index (χ2v) is 6.26. The fraction of sp³-hybridized carbons (Fsp3) is 0.278. The van der Waals surface area contributed by atoms with Gasteiger partial charge >= 0.3 is 0 Å². The summed E-state index contributed by atoms with van der Waals surface area (Å²) in [7, 11) is 0. The molecule has 3 heterocycles. The van der Waals surface area contributed by atoms with Gasteiger partial charge in [0.2, 0.25) is 0 Å². The van der Waals surface area contributed by atoms with E-state index in [0.29, 0.717) is 12.2 Å². The summed E-state index contributed by atoms with van der Waals surface area (Å²) in [6.07, 6.45) is 2.98. The van der Waals surface area contributed by atoms with Gasteiger partial charge in [-0.05, 0) is 41.5 Å². The average molecular weight is 336 g/mol. The summed E-state index contributed by atoms with van der Waals surface area (Å²) in [5, 5.41) is 26.1. The largest absolute Gasteiger partial charge is 0.392 e. The van der Waals surface area contributed by atoms with Crippen LogP contribution in [0.5, 0.6) is 0 Å². The Hall–Kier alpha value is -2.77. The fourth-order valence-corrected chi connectivity index (χ4v) is 3.20. The van der Waals surface area contributed by atoms with Crippen molar-refractivity contribution < 1.29 is 5.11 Å². The van der Waals surface area contributed by atoms with E-state index in [1.807, 2.05) is 18.2 Å². The summed E-state index contributed by atoms with van der Waals surface area (Å²) < 4.78 is 1.68. The number of aliphatic hydroxyl groups excluding tert-OH is 1. The van der Waals surface area contributed by atoms with Crippen LogP contribution in [0, 0.1) is 0 Å². The Kier molecular flexibility index (Phi) is 4.17. The third kappa shape index (κ3) is 2.99. The lowest BCUT2D eigenvalue weighted by molar-refractivity contribution is 0.279. The van der Waals surface area contributed by atoms with Crippen LogP contribution in [-0.2, 0) is 19.6 Å². The number of nitrogens with zero attached hydrogens (tertiary/aromatic N) is 4. The Morgan fingerprint density at radius 2 is 2.08 bits per heavy atom. The van der Waals surface area contributed by atoms with Crippen LogP contribution >= 0.6 is 0 Å². The highest BCUT2D eigenvalue weighted by molar-refractivity contribution is 5.83. The minimum atomic E-state index is -0.0381. The van der Waals surface area contributed by atoms with Crippen molar-refractivity contribution in [2.24, 2.45) is 0 Å². The SMILES string of the molecule is C[C@H](Cc1c[nH]c2ccccc12)NCc1c(CO)ccc2nnnn12. The Morgan fingerprint density at radius 3 is 2.96 bits per heavy atom. The lowest BCUT2D eigenvalue weighted by Crippen LogP contribution is -2.29. The van der Waals surface area contributed by atoms with Gasteiger partial charge in [0.05, 0.1) is 12.3 Å². The molecule has 0 radical (unpaired) electrons. The van der Waals surface area contributed by atoms with Gasteiger partial charge in [-0.1, -0.05) is 24.3 Å². The molecular weight excluding hydrogens is 316 g/mol. The maximum absolute atomic E-state index is 9.59. The van der Waals surface area contributed by atoms with Crippen molar-refractivity contribution >= 4 is 16.6 Å². The number of nitrogens with one attached hydrogen (secondary N) is 2. The summed E-state index contributed by atoms with van der Waals surface area (Å²) in [6.45, 7) is 2.70. The molecule has 25 heavy (non-hydrogen) atoms. The Balaban J connectivity index is 1.50. The first kappa shape index (κ1) is 15.7. The van der Waals surface area contributed by atoms with Gasteiger partial charge in [0.15, 0.2) is 5.65 Å². The molecule has 0 aliphatic carbocycles. The van der Waals surface area contributed by atoms with E-state index in [1.54, 1.807) is 4.52 Å². The lowest BCUT2D eigenvalue weighted by Gasteiger charge is -2.15. The molecule has 7 heteroatoms. The molecule has 3 aromatic heterocycles. The van der Waals surface area contributed by atoms with Crippen LogP contribution in [-0.4, -0.2) is 36.2 Å². The van der Waals surface area contributed by atoms with Gasteiger partial charge in [0, 0.05) is 35.2 Å². The monoisotopic (exact) mass is 336 g/mol. The maximum Gasteiger partial charge on any atom is 0.179 e. The van der Waals surface area contributed by atoms with Crippen LogP contribution in [0.2, 0.25) is 0 Å². The van der Waals surface area contributed by atoms with Gasteiger partial charge in [-0.3, -0.25) is 0 Å². The van der Waals surface area contributed by atoms with Gasteiger partial charge in [0.1, 0.15) is 0 Å². The van der Waals surface area contributed by atoms with Gasteiger partial charge in [-0.2, -0.15) is 4.52 Å². The van der Waals surface area contributed by atoms with Crippen LogP contribution in [0.3, 0.4) is 0 Å². The molecular formula is C18H20N6O. The summed E-state index contributed by atoms with van der Waals surface area (Å²) in [4.78, 5) is 3.31. The average Bonchev–Trinajstić information content (AvgIpc) is 3.27. The van der Waals surface area contributed by atoms with E-state index in [1.165, 1.54) is 10.9 Å². The van der Waals surface area contributed by atoms with Crippen molar-refractivity contribution in [3.8, 4) is 0 Å². The maximum atomic E-state index is 9.59. The highest BCUT2D eigenvalue weighted by Crippen LogP contribution is 2.19. The molecule has 0 amide bonds. The normalized spacial score (nSPS) is 12.9. The predicted octanol–water partition coefficient (Wildman–Crippen LogP) is 1.82. The smallest absolute Gasteiger partial charge is 0.179 e. The number of hydrogen-bond acceptors (Lipinski definition) is 5. The third-order valence-corrected chi connectivity index (χ3v) is 4.54. The van der Waals surface area contributed by atoms with E-state index < -0.39 is 0 Å². The summed E-state index contributed by atoms with van der Waals surface area (Å²) in [5.74, 6) is 0. The zero-order chi connectivity index (χ0) is 17.2. The summed E-state index contributed by atoms with van der Waals surface area (Å²) in [5.41, 5.74) is 4.84. The van der Waals surface area contributed by atoms with E-state index in [4.69, 9.17) is 0 Å². The van der Waals surface area contributed by atoms with Crippen LogP contribution < -0.4 is 5.32 Å². The summed E-state index contributed by atoms with van der Waals surface area (Å²) >= 11 is 0. The quantitative estimate of drug-likeness (QED) is 0.500.